The van der Waals surface area contributed by atoms with E-state index in [0.29, 0.717) is 13.1 Å². The Labute approximate surface area is 173 Å². The minimum Gasteiger partial charge on any atom is -0.355 e. The second-order valence-corrected chi connectivity index (χ2v) is 7.47. The van der Waals surface area contributed by atoms with Gasteiger partial charge in [-0.25, -0.2) is 0 Å². The molecule has 0 saturated carbocycles. The predicted octanol–water partition coefficient (Wildman–Crippen LogP) is 3.71. The highest BCUT2D eigenvalue weighted by atomic mass is 16.2. The standard InChI is InChI=1S/C24H30N4O/c1-20-16-21(2)28(26-20)15-9-14-25-24(29)19-27(17-22-10-5-3-6-11-22)18-23-12-7-4-8-13-23/h3-8,10-13,16H,9,14-15,17-19H2,1-2H3,(H,25,29). The highest BCUT2D eigenvalue weighted by Crippen LogP contribution is 2.10. The van der Waals surface area contributed by atoms with E-state index in [1.165, 1.54) is 11.1 Å². The van der Waals surface area contributed by atoms with Crippen LogP contribution in [0.25, 0.3) is 0 Å². The maximum Gasteiger partial charge on any atom is 0.234 e. The van der Waals surface area contributed by atoms with Gasteiger partial charge in [0.25, 0.3) is 0 Å². The zero-order valence-corrected chi connectivity index (χ0v) is 17.3. The van der Waals surface area contributed by atoms with Crippen molar-refractivity contribution in [3.05, 3.63) is 89.2 Å². The lowest BCUT2D eigenvalue weighted by molar-refractivity contribution is -0.122. The van der Waals surface area contributed by atoms with Crippen LogP contribution in [0, 0.1) is 13.8 Å². The summed E-state index contributed by atoms with van der Waals surface area (Å²) in [5, 5.41) is 7.52. The number of hydrogen-bond acceptors (Lipinski definition) is 3. The van der Waals surface area contributed by atoms with E-state index in [1.54, 1.807) is 0 Å². The molecule has 1 N–H and O–H groups in total. The van der Waals surface area contributed by atoms with Crippen LogP contribution in [0.4, 0.5) is 0 Å². The monoisotopic (exact) mass is 390 g/mol. The molecule has 0 atom stereocenters. The summed E-state index contributed by atoms with van der Waals surface area (Å²) in [7, 11) is 0. The molecule has 0 aliphatic heterocycles. The summed E-state index contributed by atoms with van der Waals surface area (Å²) in [6, 6.07) is 22.7. The molecule has 0 aliphatic carbocycles. The van der Waals surface area contributed by atoms with Gasteiger partial charge in [0.05, 0.1) is 12.2 Å². The van der Waals surface area contributed by atoms with Crippen LogP contribution in [0.2, 0.25) is 0 Å². The van der Waals surface area contributed by atoms with Crippen molar-refractivity contribution in [3.8, 4) is 0 Å². The molecule has 0 saturated heterocycles. The van der Waals surface area contributed by atoms with E-state index in [9.17, 15) is 4.79 Å². The molecule has 152 valence electrons. The molecule has 0 unspecified atom stereocenters. The molecule has 5 nitrogen and oxygen atoms in total. The summed E-state index contributed by atoms with van der Waals surface area (Å²) in [5.74, 6) is 0.0604. The fourth-order valence-electron chi connectivity index (χ4n) is 3.47. The average Bonchev–Trinajstić information content (AvgIpc) is 3.04. The highest BCUT2D eigenvalue weighted by molar-refractivity contribution is 5.77. The number of nitrogens with one attached hydrogen (secondary N) is 1. The van der Waals surface area contributed by atoms with Crippen LogP contribution in [0.15, 0.2) is 66.7 Å². The summed E-state index contributed by atoms with van der Waals surface area (Å²) < 4.78 is 2.00. The van der Waals surface area contributed by atoms with E-state index >= 15 is 0 Å². The number of hydrogen-bond donors (Lipinski definition) is 1. The molecule has 29 heavy (non-hydrogen) atoms. The first-order chi connectivity index (χ1) is 14.1. The Bertz CT molecular complexity index is 848. The Balaban J connectivity index is 1.50. The molecule has 2 aromatic carbocycles. The van der Waals surface area contributed by atoms with Crippen LogP contribution in [0.1, 0.15) is 28.9 Å². The largest absolute Gasteiger partial charge is 0.355 e. The lowest BCUT2D eigenvalue weighted by Gasteiger charge is -2.22. The van der Waals surface area contributed by atoms with Gasteiger partial charge >= 0.3 is 0 Å². The van der Waals surface area contributed by atoms with E-state index < -0.39 is 0 Å². The zero-order valence-electron chi connectivity index (χ0n) is 17.3. The zero-order chi connectivity index (χ0) is 20.5. The van der Waals surface area contributed by atoms with E-state index in [2.05, 4.69) is 52.6 Å². The Hall–Kier alpha value is -2.92. The molecule has 3 aromatic rings. The third kappa shape index (κ3) is 6.88. The van der Waals surface area contributed by atoms with Gasteiger partial charge in [-0.1, -0.05) is 60.7 Å². The number of rotatable bonds is 10. The highest BCUT2D eigenvalue weighted by Gasteiger charge is 2.12. The minimum atomic E-state index is 0.0604. The van der Waals surface area contributed by atoms with Crippen molar-refractivity contribution in [1.29, 1.82) is 0 Å². The van der Waals surface area contributed by atoms with Crippen molar-refractivity contribution in [3.63, 3.8) is 0 Å². The van der Waals surface area contributed by atoms with E-state index in [0.717, 1.165) is 37.4 Å². The van der Waals surface area contributed by atoms with Gasteiger partial charge in [0.1, 0.15) is 0 Å². The molecule has 1 heterocycles. The molecular weight excluding hydrogens is 360 g/mol. The van der Waals surface area contributed by atoms with Gasteiger partial charge in [0.15, 0.2) is 0 Å². The van der Waals surface area contributed by atoms with E-state index in [1.807, 2.05) is 48.0 Å². The number of benzene rings is 2. The molecule has 3 rings (SSSR count). The molecule has 1 aromatic heterocycles. The maximum absolute atomic E-state index is 12.5. The molecule has 5 heteroatoms. The summed E-state index contributed by atoms with van der Waals surface area (Å²) in [5.41, 5.74) is 4.61. The van der Waals surface area contributed by atoms with E-state index in [4.69, 9.17) is 0 Å². The normalized spacial score (nSPS) is 11.0. The van der Waals surface area contributed by atoms with Crippen LogP contribution in [0.5, 0.6) is 0 Å². The third-order valence-electron chi connectivity index (χ3n) is 4.84. The first kappa shape index (κ1) is 20.8. The lowest BCUT2D eigenvalue weighted by Crippen LogP contribution is -2.37. The molecule has 0 bridgehead atoms. The molecule has 0 aliphatic rings. The first-order valence-electron chi connectivity index (χ1n) is 10.2. The second-order valence-electron chi connectivity index (χ2n) is 7.47. The van der Waals surface area contributed by atoms with Crippen LogP contribution in [-0.4, -0.2) is 33.7 Å². The van der Waals surface area contributed by atoms with Gasteiger partial charge in [-0.05, 0) is 37.5 Å². The van der Waals surface area contributed by atoms with Crippen molar-refractivity contribution in [2.24, 2.45) is 0 Å². The number of carbonyl (C=O) groups is 1. The Morgan fingerprint density at radius 3 is 2.07 bits per heavy atom. The Kier molecular flexibility index (Phi) is 7.59. The van der Waals surface area contributed by atoms with Crippen LogP contribution < -0.4 is 5.32 Å². The van der Waals surface area contributed by atoms with Gasteiger partial charge in [-0.15, -0.1) is 0 Å². The van der Waals surface area contributed by atoms with Crippen molar-refractivity contribution >= 4 is 5.91 Å². The smallest absolute Gasteiger partial charge is 0.234 e. The van der Waals surface area contributed by atoms with Crippen molar-refractivity contribution < 1.29 is 4.79 Å². The van der Waals surface area contributed by atoms with Crippen LogP contribution >= 0.6 is 0 Å². The number of nitrogens with zero attached hydrogens (tertiary/aromatic N) is 3. The van der Waals surface area contributed by atoms with Crippen molar-refractivity contribution in [2.45, 2.75) is 39.9 Å². The maximum atomic E-state index is 12.5. The fraction of sp³-hybridized carbons (Fsp3) is 0.333. The Morgan fingerprint density at radius 1 is 0.966 bits per heavy atom. The quantitative estimate of drug-likeness (QED) is 0.537. The lowest BCUT2D eigenvalue weighted by atomic mass is 10.1. The molecule has 0 fully saturated rings. The topological polar surface area (TPSA) is 50.2 Å². The van der Waals surface area contributed by atoms with Crippen molar-refractivity contribution in [2.75, 3.05) is 13.1 Å². The van der Waals surface area contributed by atoms with Gasteiger partial charge in [-0.3, -0.25) is 14.4 Å². The SMILES string of the molecule is Cc1cc(C)n(CCCNC(=O)CN(Cc2ccccc2)Cc2ccccc2)n1. The van der Waals surface area contributed by atoms with Gasteiger partial charge < -0.3 is 5.32 Å². The second kappa shape index (κ2) is 10.6. The molecule has 0 radical (unpaired) electrons. The number of carbonyl (C=O) groups excluding carboxylic acids is 1. The first-order valence-corrected chi connectivity index (χ1v) is 10.2. The number of aryl methyl sites for hydroxylation is 3. The number of amides is 1. The molecule has 0 spiro atoms. The van der Waals surface area contributed by atoms with Crippen LogP contribution in [0.3, 0.4) is 0 Å². The minimum absolute atomic E-state index is 0.0604. The van der Waals surface area contributed by atoms with Gasteiger partial charge in [0, 0.05) is 31.9 Å². The Morgan fingerprint density at radius 2 is 1.55 bits per heavy atom. The molecular formula is C24H30N4O. The molecule has 1 amide bonds. The van der Waals surface area contributed by atoms with Gasteiger partial charge in [-0.2, -0.15) is 5.10 Å². The van der Waals surface area contributed by atoms with Crippen LogP contribution in [-0.2, 0) is 24.4 Å². The van der Waals surface area contributed by atoms with Gasteiger partial charge in [0.2, 0.25) is 5.91 Å². The summed E-state index contributed by atoms with van der Waals surface area (Å²) in [4.78, 5) is 14.7. The third-order valence-corrected chi connectivity index (χ3v) is 4.84. The van der Waals surface area contributed by atoms with E-state index in [-0.39, 0.29) is 5.91 Å². The fourth-order valence-corrected chi connectivity index (χ4v) is 3.47. The summed E-state index contributed by atoms with van der Waals surface area (Å²) in [6.45, 7) is 7.40. The average molecular weight is 391 g/mol. The summed E-state index contributed by atoms with van der Waals surface area (Å²) in [6.07, 6.45) is 0.866. The predicted molar refractivity (Wildman–Crippen MR) is 116 cm³/mol. The van der Waals surface area contributed by atoms with Crippen molar-refractivity contribution in [1.82, 2.24) is 20.0 Å². The summed E-state index contributed by atoms with van der Waals surface area (Å²) >= 11 is 0. The number of aromatic nitrogens is 2.